The van der Waals surface area contributed by atoms with E-state index in [1.165, 1.54) is 33.3 Å². The number of hydrogen-bond donors (Lipinski definition) is 1. The van der Waals surface area contributed by atoms with E-state index in [1.807, 2.05) is 36.6 Å². The summed E-state index contributed by atoms with van der Waals surface area (Å²) in [5.74, 6) is 0.964. The van der Waals surface area contributed by atoms with Crippen LogP contribution in [0.15, 0.2) is 65.7 Å². The van der Waals surface area contributed by atoms with Gasteiger partial charge in [-0.3, -0.25) is 9.36 Å². The van der Waals surface area contributed by atoms with Gasteiger partial charge in [0, 0.05) is 33.6 Å². The maximum absolute atomic E-state index is 12.6. The maximum Gasteiger partial charge on any atom is 0.234 e. The molecule has 0 unspecified atom stereocenters. The normalized spacial score (nSPS) is 10.9. The van der Waals surface area contributed by atoms with Crippen molar-refractivity contribution in [3.63, 3.8) is 0 Å². The minimum atomic E-state index is -0.0709. The molecule has 0 saturated heterocycles. The first-order chi connectivity index (χ1) is 16.4. The Morgan fingerprint density at radius 3 is 2.53 bits per heavy atom. The van der Waals surface area contributed by atoms with Crippen LogP contribution in [0.5, 0.6) is 0 Å². The van der Waals surface area contributed by atoms with Crippen LogP contribution in [0.1, 0.15) is 21.6 Å². The van der Waals surface area contributed by atoms with Crippen molar-refractivity contribution in [1.29, 1.82) is 0 Å². The van der Waals surface area contributed by atoms with Gasteiger partial charge in [-0.25, -0.2) is 0 Å². The highest BCUT2D eigenvalue weighted by molar-refractivity contribution is 7.99. The molecule has 0 spiro atoms. The number of nitrogens with zero attached hydrogens (tertiary/aromatic N) is 3. The van der Waals surface area contributed by atoms with Gasteiger partial charge >= 0.3 is 0 Å². The summed E-state index contributed by atoms with van der Waals surface area (Å²) >= 11 is 3.09. The Kier molecular flexibility index (Phi) is 7.34. The third-order valence-corrected chi connectivity index (χ3v) is 7.45. The van der Waals surface area contributed by atoms with Crippen molar-refractivity contribution in [2.24, 2.45) is 0 Å². The molecule has 4 rings (SSSR count). The predicted octanol–water partition coefficient (Wildman–Crippen LogP) is 6.82. The molecule has 1 N–H and O–H groups in total. The standard InChI is InChI=1S/C27H28N4OS2/c1-6-13-31-26(22-15-33-20(5)25(22)21-10-7-17(2)8-11-21)29-30-27(31)34-16-24(32)28-23-12-9-18(3)14-19(23)4/h6-12,14-15H,1,13,16H2,2-5H3,(H,28,32). The van der Waals surface area contributed by atoms with Gasteiger partial charge in [0.15, 0.2) is 11.0 Å². The van der Waals surface area contributed by atoms with Gasteiger partial charge in [0.2, 0.25) is 5.91 Å². The van der Waals surface area contributed by atoms with E-state index in [0.717, 1.165) is 28.2 Å². The number of allylic oxidation sites excluding steroid dienone is 1. The molecular weight excluding hydrogens is 460 g/mol. The first-order valence-corrected chi connectivity index (χ1v) is 12.9. The Morgan fingerprint density at radius 2 is 1.82 bits per heavy atom. The Hall–Kier alpha value is -3.16. The van der Waals surface area contributed by atoms with Crippen LogP contribution in [-0.2, 0) is 11.3 Å². The molecule has 2 aromatic heterocycles. The number of hydrogen-bond acceptors (Lipinski definition) is 5. The molecule has 0 aliphatic carbocycles. The van der Waals surface area contributed by atoms with Gasteiger partial charge in [-0.1, -0.05) is 65.4 Å². The number of carbonyl (C=O) groups excluding carboxylic acids is 1. The minimum absolute atomic E-state index is 0.0709. The van der Waals surface area contributed by atoms with Gasteiger partial charge in [0.1, 0.15) is 0 Å². The second kappa shape index (κ2) is 10.4. The summed E-state index contributed by atoms with van der Waals surface area (Å²) in [7, 11) is 0. The monoisotopic (exact) mass is 488 g/mol. The first kappa shape index (κ1) is 24.0. The topological polar surface area (TPSA) is 59.8 Å². The van der Waals surface area contributed by atoms with Crippen molar-refractivity contribution >= 4 is 34.7 Å². The van der Waals surface area contributed by atoms with Crippen molar-refractivity contribution in [1.82, 2.24) is 14.8 Å². The second-order valence-corrected chi connectivity index (χ2v) is 10.3. The van der Waals surface area contributed by atoms with Gasteiger partial charge in [0.25, 0.3) is 0 Å². The van der Waals surface area contributed by atoms with Crippen LogP contribution in [-0.4, -0.2) is 26.4 Å². The van der Waals surface area contributed by atoms with Gasteiger partial charge < -0.3 is 5.32 Å². The SMILES string of the molecule is C=CCn1c(SCC(=O)Nc2ccc(C)cc2C)nnc1-c1csc(C)c1-c1ccc(C)cc1. The number of aromatic nitrogens is 3. The lowest BCUT2D eigenvalue weighted by atomic mass is 10.0. The molecule has 0 atom stereocenters. The van der Waals surface area contributed by atoms with Gasteiger partial charge in [-0.2, -0.15) is 0 Å². The molecule has 0 aliphatic rings. The van der Waals surface area contributed by atoms with Crippen LogP contribution in [0.25, 0.3) is 22.5 Å². The van der Waals surface area contributed by atoms with E-state index in [1.54, 1.807) is 11.3 Å². The lowest BCUT2D eigenvalue weighted by Gasteiger charge is -2.11. The summed E-state index contributed by atoms with van der Waals surface area (Å²) in [6.07, 6.45) is 1.83. The largest absolute Gasteiger partial charge is 0.325 e. The number of amides is 1. The Morgan fingerprint density at radius 1 is 1.09 bits per heavy atom. The van der Waals surface area contributed by atoms with Crippen LogP contribution in [0.3, 0.4) is 0 Å². The van der Waals surface area contributed by atoms with E-state index in [0.29, 0.717) is 11.7 Å². The molecule has 4 aromatic rings. The highest BCUT2D eigenvalue weighted by atomic mass is 32.2. The second-order valence-electron chi connectivity index (χ2n) is 8.31. The summed E-state index contributed by atoms with van der Waals surface area (Å²) in [6.45, 7) is 12.7. The van der Waals surface area contributed by atoms with Crippen LogP contribution in [0.2, 0.25) is 0 Å². The fourth-order valence-electron chi connectivity index (χ4n) is 3.86. The number of nitrogens with one attached hydrogen (secondary N) is 1. The number of carbonyl (C=O) groups is 1. The van der Waals surface area contributed by atoms with Crippen LogP contribution < -0.4 is 5.32 Å². The maximum atomic E-state index is 12.6. The van der Waals surface area contributed by atoms with Crippen LogP contribution in [0, 0.1) is 27.7 Å². The molecule has 0 saturated carbocycles. The summed E-state index contributed by atoms with van der Waals surface area (Å²) < 4.78 is 2.03. The van der Waals surface area contributed by atoms with E-state index in [2.05, 4.69) is 71.7 Å². The summed E-state index contributed by atoms with van der Waals surface area (Å²) in [6, 6.07) is 14.5. The quantitative estimate of drug-likeness (QED) is 0.218. The molecule has 174 valence electrons. The van der Waals surface area contributed by atoms with E-state index >= 15 is 0 Å². The lowest BCUT2D eigenvalue weighted by Crippen LogP contribution is -2.15. The molecule has 0 aliphatic heterocycles. The Labute approximate surface area is 208 Å². The van der Waals surface area contributed by atoms with E-state index in [4.69, 9.17) is 0 Å². The van der Waals surface area contributed by atoms with Crippen LogP contribution in [0.4, 0.5) is 5.69 Å². The van der Waals surface area contributed by atoms with Gasteiger partial charge in [-0.15, -0.1) is 28.1 Å². The zero-order valence-electron chi connectivity index (χ0n) is 19.9. The molecule has 0 fully saturated rings. The average molecular weight is 489 g/mol. The molecule has 5 nitrogen and oxygen atoms in total. The minimum Gasteiger partial charge on any atom is -0.325 e. The van der Waals surface area contributed by atoms with Crippen molar-refractivity contribution in [3.8, 4) is 22.5 Å². The van der Waals surface area contributed by atoms with Crippen molar-refractivity contribution in [2.75, 3.05) is 11.1 Å². The van der Waals surface area contributed by atoms with Gasteiger partial charge in [-0.05, 0) is 44.9 Å². The summed E-state index contributed by atoms with van der Waals surface area (Å²) in [4.78, 5) is 13.9. The fraction of sp³-hybridized carbons (Fsp3) is 0.222. The number of anilines is 1. The number of thiophene rings is 1. The van der Waals surface area contributed by atoms with Crippen molar-refractivity contribution in [2.45, 2.75) is 39.4 Å². The smallest absolute Gasteiger partial charge is 0.234 e. The zero-order chi connectivity index (χ0) is 24.2. The van der Waals surface area contributed by atoms with E-state index in [9.17, 15) is 4.79 Å². The number of benzene rings is 2. The Bertz CT molecular complexity index is 1340. The molecule has 2 aromatic carbocycles. The molecule has 2 heterocycles. The number of rotatable bonds is 8. The summed E-state index contributed by atoms with van der Waals surface area (Å²) in [5.41, 5.74) is 7.66. The molecule has 0 bridgehead atoms. The number of aryl methyl sites for hydroxylation is 4. The first-order valence-electron chi connectivity index (χ1n) is 11.1. The Balaban J connectivity index is 1.58. The van der Waals surface area contributed by atoms with Gasteiger partial charge in [0.05, 0.1) is 5.75 Å². The highest BCUT2D eigenvalue weighted by Gasteiger charge is 2.20. The lowest BCUT2D eigenvalue weighted by molar-refractivity contribution is -0.113. The molecule has 34 heavy (non-hydrogen) atoms. The third kappa shape index (κ3) is 5.16. The number of thioether (sulfide) groups is 1. The zero-order valence-corrected chi connectivity index (χ0v) is 21.5. The highest BCUT2D eigenvalue weighted by Crippen LogP contribution is 2.39. The molecule has 0 radical (unpaired) electrons. The summed E-state index contributed by atoms with van der Waals surface area (Å²) in [5, 5.41) is 14.8. The van der Waals surface area contributed by atoms with Crippen molar-refractivity contribution < 1.29 is 4.79 Å². The predicted molar refractivity (Wildman–Crippen MR) is 144 cm³/mol. The van der Waals surface area contributed by atoms with Crippen molar-refractivity contribution in [3.05, 3.63) is 82.1 Å². The third-order valence-electron chi connectivity index (χ3n) is 5.57. The molecular formula is C27H28N4OS2. The van der Waals surface area contributed by atoms with E-state index < -0.39 is 0 Å². The van der Waals surface area contributed by atoms with E-state index in [-0.39, 0.29) is 11.7 Å². The fourth-order valence-corrected chi connectivity index (χ4v) is 5.47. The molecule has 1 amide bonds. The average Bonchev–Trinajstić information content (AvgIpc) is 3.38. The molecule has 7 heteroatoms. The van der Waals surface area contributed by atoms with Crippen LogP contribution >= 0.6 is 23.1 Å².